The minimum absolute atomic E-state index is 0.194. The molecule has 0 radical (unpaired) electrons. The number of benzene rings is 1. The van der Waals surface area contributed by atoms with E-state index in [4.69, 9.17) is 11.3 Å². The first-order valence-corrected chi connectivity index (χ1v) is 4.10. The lowest BCUT2D eigenvalue weighted by molar-refractivity contribution is 1.25. The van der Waals surface area contributed by atoms with Gasteiger partial charge >= 0.3 is 0 Å². The predicted molar refractivity (Wildman–Crippen MR) is 56.5 cm³/mol. The summed E-state index contributed by atoms with van der Waals surface area (Å²) in [7, 11) is 0. The van der Waals surface area contributed by atoms with Crippen molar-refractivity contribution in [3.8, 4) is 11.8 Å². The van der Waals surface area contributed by atoms with Crippen LogP contribution in [0.15, 0.2) is 23.3 Å². The normalized spacial score (nSPS) is 8.36. The molecule has 1 aromatic carbocycles. The fraction of sp³-hybridized carbons (Fsp3) is 0.200. The molecule has 0 heterocycles. The molecule has 70 valence electrons. The largest absolute Gasteiger partial charge is 0.399 e. The van der Waals surface area contributed by atoms with Gasteiger partial charge in [0.2, 0.25) is 0 Å². The van der Waals surface area contributed by atoms with Gasteiger partial charge in [-0.3, -0.25) is 0 Å². The Morgan fingerprint density at radius 1 is 1.57 bits per heavy atom. The fourth-order valence-corrected chi connectivity index (χ4v) is 0.962. The van der Waals surface area contributed by atoms with Crippen LogP contribution < -0.4 is 5.73 Å². The molecule has 0 unspecified atom stereocenters. The summed E-state index contributed by atoms with van der Waals surface area (Å²) in [6.45, 7) is 2.12. The Labute approximate surface area is 82.4 Å². The van der Waals surface area contributed by atoms with Crippen molar-refractivity contribution in [2.45, 2.75) is 6.92 Å². The first kappa shape index (κ1) is 9.97. The molecule has 0 aliphatic rings. The molecule has 0 amide bonds. The number of hydrogen-bond acceptors (Lipinski definition) is 2. The Morgan fingerprint density at radius 2 is 2.36 bits per heavy atom. The van der Waals surface area contributed by atoms with Crippen molar-refractivity contribution < 1.29 is 0 Å². The Morgan fingerprint density at radius 3 is 3.00 bits per heavy atom. The molecule has 0 saturated heterocycles. The molecule has 0 saturated carbocycles. The van der Waals surface area contributed by atoms with Crippen molar-refractivity contribution in [3.63, 3.8) is 0 Å². The van der Waals surface area contributed by atoms with Gasteiger partial charge in [-0.05, 0) is 36.2 Å². The third-order valence-electron chi connectivity index (χ3n) is 1.72. The maximum Gasteiger partial charge on any atom is 0.0880 e. The number of nitrogens with zero attached hydrogens (tertiary/aromatic N) is 3. The van der Waals surface area contributed by atoms with Crippen LogP contribution in [0.3, 0.4) is 0 Å². The van der Waals surface area contributed by atoms with Crippen molar-refractivity contribution in [3.05, 3.63) is 39.8 Å². The van der Waals surface area contributed by atoms with Crippen molar-refractivity contribution in [1.29, 1.82) is 0 Å². The number of aryl methyl sites for hydroxylation is 1. The zero-order chi connectivity index (χ0) is 10.4. The molecule has 1 rings (SSSR count). The van der Waals surface area contributed by atoms with Gasteiger partial charge in [-0.2, -0.15) is 0 Å². The molecular formula is C10H10N4. The van der Waals surface area contributed by atoms with Gasteiger partial charge in [0.1, 0.15) is 0 Å². The van der Waals surface area contributed by atoms with Crippen LogP contribution in [0.2, 0.25) is 0 Å². The Balaban J connectivity index is 2.80. The van der Waals surface area contributed by atoms with Gasteiger partial charge in [-0.1, -0.05) is 17.0 Å². The predicted octanol–water partition coefficient (Wildman–Crippen LogP) is 2.24. The van der Waals surface area contributed by atoms with E-state index in [1.54, 1.807) is 0 Å². The monoisotopic (exact) mass is 186 g/mol. The maximum atomic E-state index is 8.02. The van der Waals surface area contributed by atoms with E-state index in [9.17, 15) is 0 Å². The van der Waals surface area contributed by atoms with Crippen LogP contribution >= 0.6 is 0 Å². The van der Waals surface area contributed by atoms with E-state index < -0.39 is 0 Å². The van der Waals surface area contributed by atoms with Gasteiger partial charge in [0, 0.05) is 16.2 Å². The summed E-state index contributed by atoms with van der Waals surface area (Å²) < 4.78 is 0. The van der Waals surface area contributed by atoms with E-state index in [1.165, 1.54) is 0 Å². The molecule has 4 heteroatoms. The summed E-state index contributed by atoms with van der Waals surface area (Å²) in [5, 5.41) is 3.31. The minimum Gasteiger partial charge on any atom is -0.399 e. The van der Waals surface area contributed by atoms with Gasteiger partial charge in [-0.15, -0.1) is 0 Å². The number of nitrogen functional groups attached to an aromatic ring is 1. The third kappa shape index (κ3) is 2.74. The first-order chi connectivity index (χ1) is 6.74. The average molecular weight is 186 g/mol. The van der Waals surface area contributed by atoms with Crippen molar-refractivity contribution in [2.75, 3.05) is 12.3 Å². The minimum atomic E-state index is 0.194. The van der Waals surface area contributed by atoms with Crippen molar-refractivity contribution >= 4 is 5.69 Å². The number of nitrogens with two attached hydrogens (primary N) is 1. The summed E-state index contributed by atoms with van der Waals surface area (Å²) in [6.07, 6.45) is 0. The van der Waals surface area contributed by atoms with Crippen LogP contribution in [0.5, 0.6) is 0 Å². The van der Waals surface area contributed by atoms with E-state index in [0.717, 1.165) is 16.8 Å². The molecule has 1 aromatic rings. The molecular weight excluding hydrogens is 176 g/mol. The SMILES string of the molecule is Cc1cc(C#CCN=[N+]=[N-])ccc1N. The van der Waals surface area contributed by atoms with Crippen LogP contribution in [-0.4, -0.2) is 6.54 Å². The highest BCUT2D eigenvalue weighted by atomic mass is 15.1. The second kappa shape index (κ2) is 4.80. The van der Waals surface area contributed by atoms with Crippen LogP contribution in [0.1, 0.15) is 11.1 Å². The number of azide groups is 1. The lowest BCUT2D eigenvalue weighted by Crippen LogP contribution is -1.89. The first-order valence-electron chi connectivity index (χ1n) is 4.10. The lowest BCUT2D eigenvalue weighted by atomic mass is 10.1. The molecule has 0 aromatic heterocycles. The topological polar surface area (TPSA) is 74.8 Å². The third-order valence-corrected chi connectivity index (χ3v) is 1.72. The van der Waals surface area contributed by atoms with Gasteiger partial charge < -0.3 is 5.73 Å². The van der Waals surface area contributed by atoms with Crippen molar-refractivity contribution in [2.24, 2.45) is 5.11 Å². The molecule has 0 fully saturated rings. The number of hydrogen-bond donors (Lipinski definition) is 1. The molecule has 0 aliphatic carbocycles. The molecule has 0 aliphatic heterocycles. The van der Waals surface area contributed by atoms with Crippen LogP contribution in [-0.2, 0) is 0 Å². The Hall–Kier alpha value is -2.11. The zero-order valence-electron chi connectivity index (χ0n) is 7.86. The van der Waals surface area contributed by atoms with E-state index in [2.05, 4.69) is 21.9 Å². The average Bonchev–Trinajstić information content (AvgIpc) is 2.18. The molecule has 4 nitrogen and oxygen atoms in total. The second-order valence-electron chi connectivity index (χ2n) is 2.76. The Kier molecular flexibility index (Phi) is 3.42. The van der Waals surface area contributed by atoms with Gasteiger partial charge in [-0.25, -0.2) is 0 Å². The molecule has 0 spiro atoms. The zero-order valence-corrected chi connectivity index (χ0v) is 7.86. The summed E-state index contributed by atoms with van der Waals surface area (Å²) in [5.41, 5.74) is 16.3. The summed E-state index contributed by atoms with van der Waals surface area (Å²) in [6, 6.07) is 5.55. The van der Waals surface area contributed by atoms with Crippen LogP contribution in [0.25, 0.3) is 10.4 Å². The molecule has 0 atom stereocenters. The standard InChI is InChI=1S/C10H10N4/c1-8-7-9(4-5-10(8)11)3-2-6-13-14-12/h4-5,7H,6,11H2,1H3. The highest BCUT2D eigenvalue weighted by molar-refractivity contribution is 5.51. The summed E-state index contributed by atoms with van der Waals surface area (Å²) in [5.74, 6) is 5.62. The highest BCUT2D eigenvalue weighted by Crippen LogP contribution is 2.11. The summed E-state index contributed by atoms with van der Waals surface area (Å²) >= 11 is 0. The van der Waals surface area contributed by atoms with Crippen LogP contribution in [0, 0.1) is 18.8 Å². The maximum absolute atomic E-state index is 8.02. The van der Waals surface area contributed by atoms with Crippen LogP contribution in [0.4, 0.5) is 5.69 Å². The Bertz CT molecular complexity index is 433. The number of anilines is 1. The van der Waals surface area contributed by atoms with Gasteiger partial charge in [0.15, 0.2) is 0 Å². The molecule has 0 bridgehead atoms. The quantitative estimate of drug-likeness (QED) is 0.236. The lowest BCUT2D eigenvalue weighted by Gasteiger charge is -1.98. The smallest absolute Gasteiger partial charge is 0.0880 e. The van der Waals surface area contributed by atoms with E-state index in [-0.39, 0.29) is 6.54 Å². The van der Waals surface area contributed by atoms with Gasteiger partial charge in [0.25, 0.3) is 0 Å². The number of rotatable bonds is 1. The van der Waals surface area contributed by atoms with E-state index in [0.29, 0.717) is 0 Å². The summed E-state index contributed by atoms with van der Waals surface area (Å²) in [4.78, 5) is 2.60. The molecule has 14 heavy (non-hydrogen) atoms. The molecule has 2 N–H and O–H groups in total. The van der Waals surface area contributed by atoms with E-state index in [1.807, 2.05) is 25.1 Å². The van der Waals surface area contributed by atoms with Crippen molar-refractivity contribution in [1.82, 2.24) is 0 Å². The van der Waals surface area contributed by atoms with Gasteiger partial charge in [0.05, 0.1) is 6.54 Å². The van der Waals surface area contributed by atoms with E-state index >= 15 is 0 Å². The highest BCUT2D eigenvalue weighted by Gasteiger charge is 1.92. The fourth-order valence-electron chi connectivity index (χ4n) is 0.962. The second-order valence-corrected chi connectivity index (χ2v) is 2.76.